The van der Waals surface area contributed by atoms with Crippen molar-refractivity contribution in [2.24, 2.45) is 0 Å². The van der Waals surface area contributed by atoms with Gasteiger partial charge in [0.05, 0.1) is 10.9 Å². The van der Waals surface area contributed by atoms with E-state index >= 15 is 0 Å². The van der Waals surface area contributed by atoms with E-state index < -0.39 is 17.1 Å². The van der Waals surface area contributed by atoms with E-state index in [0.717, 1.165) is 0 Å². The van der Waals surface area contributed by atoms with Crippen LogP contribution in [0.2, 0.25) is 5.02 Å². The number of aromatic nitrogens is 5. The zero-order valence-electron chi connectivity index (χ0n) is 7.97. The first-order chi connectivity index (χ1) is 8.09. The minimum Gasteiger partial charge on any atom is -0.304 e. The van der Waals surface area contributed by atoms with Crippen LogP contribution in [-0.2, 0) is 0 Å². The van der Waals surface area contributed by atoms with Gasteiger partial charge in [0.15, 0.2) is 5.82 Å². The second kappa shape index (κ2) is 3.14. The van der Waals surface area contributed by atoms with Crippen molar-refractivity contribution in [2.75, 3.05) is 0 Å². The summed E-state index contributed by atoms with van der Waals surface area (Å²) in [6, 6.07) is 0. The topological polar surface area (TPSA) is 107 Å². The lowest BCUT2D eigenvalue weighted by molar-refractivity contribution is 0.637. The van der Waals surface area contributed by atoms with Crippen LogP contribution in [0.5, 0.6) is 0 Å². The van der Waals surface area contributed by atoms with Gasteiger partial charge >= 0.3 is 5.69 Å². The maximum absolute atomic E-state index is 13.8. The Morgan fingerprint density at radius 1 is 1.12 bits per heavy atom. The Hall–Kier alpha value is -2.22. The summed E-state index contributed by atoms with van der Waals surface area (Å²) in [6.07, 6.45) is 0. The molecule has 0 saturated carbocycles. The summed E-state index contributed by atoms with van der Waals surface area (Å²) < 4.78 is 13.8. The Morgan fingerprint density at radius 2 is 1.82 bits per heavy atom. The van der Waals surface area contributed by atoms with Gasteiger partial charge in [-0.15, -0.1) is 0 Å². The highest BCUT2D eigenvalue weighted by atomic mass is 35.5. The van der Waals surface area contributed by atoms with Crippen LogP contribution in [-0.4, -0.2) is 25.4 Å². The van der Waals surface area contributed by atoms with Crippen molar-refractivity contribution < 1.29 is 4.39 Å². The number of H-pyrrole nitrogens is 3. The SMILES string of the molecule is O=c1[nH]c(=O)c2c([nH]1)c(F)c(Cl)c1n[nH]nc12. The zero-order valence-corrected chi connectivity index (χ0v) is 8.72. The number of hydrogen-bond donors (Lipinski definition) is 3. The zero-order chi connectivity index (χ0) is 12.2. The van der Waals surface area contributed by atoms with Crippen molar-refractivity contribution in [1.82, 2.24) is 25.4 Å². The van der Waals surface area contributed by atoms with E-state index in [9.17, 15) is 14.0 Å². The molecule has 2 heterocycles. The number of nitrogens with one attached hydrogen (secondary N) is 3. The Bertz CT molecular complexity index is 864. The lowest BCUT2D eigenvalue weighted by atomic mass is 10.2. The maximum Gasteiger partial charge on any atom is 0.326 e. The van der Waals surface area contributed by atoms with E-state index in [4.69, 9.17) is 11.6 Å². The van der Waals surface area contributed by atoms with Crippen molar-refractivity contribution in [1.29, 1.82) is 0 Å². The third-order valence-corrected chi connectivity index (χ3v) is 2.69. The molecular formula is C8H3ClFN5O2. The summed E-state index contributed by atoms with van der Waals surface area (Å²) in [5.41, 5.74) is -1.72. The van der Waals surface area contributed by atoms with Gasteiger partial charge in [0, 0.05) is 0 Å². The molecule has 0 amide bonds. The van der Waals surface area contributed by atoms with Crippen LogP contribution in [0, 0.1) is 5.82 Å². The molecule has 9 heteroatoms. The molecule has 0 aliphatic heterocycles. The number of halogens is 2. The van der Waals surface area contributed by atoms with Gasteiger partial charge in [-0.2, -0.15) is 15.4 Å². The van der Waals surface area contributed by atoms with Gasteiger partial charge in [-0.1, -0.05) is 11.6 Å². The minimum atomic E-state index is -0.911. The smallest absolute Gasteiger partial charge is 0.304 e. The van der Waals surface area contributed by atoms with Crippen LogP contribution >= 0.6 is 11.6 Å². The first-order valence-electron chi connectivity index (χ1n) is 4.43. The highest BCUT2D eigenvalue weighted by Crippen LogP contribution is 2.28. The highest BCUT2D eigenvalue weighted by Gasteiger charge is 2.19. The van der Waals surface area contributed by atoms with Crippen LogP contribution in [0.4, 0.5) is 4.39 Å². The number of hydrogen-bond acceptors (Lipinski definition) is 4. The summed E-state index contributed by atoms with van der Waals surface area (Å²) in [4.78, 5) is 26.8. The van der Waals surface area contributed by atoms with Crippen molar-refractivity contribution in [3.8, 4) is 0 Å². The van der Waals surface area contributed by atoms with E-state index in [1.165, 1.54) is 0 Å². The van der Waals surface area contributed by atoms with Crippen LogP contribution in [0.3, 0.4) is 0 Å². The molecular weight excluding hydrogens is 253 g/mol. The molecule has 0 aliphatic rings. The average molecular weight is 256 g/mol. The van der Waals surface area contributed by atoms with E-state index in [1.54, 1.807) is 0 Å². The lowest BCUT2D eigenvalue weighted by Gasteiger charge is -2.00. The summed E-state index contributed by atoms with van der Waals surface area (Å²) in [5, 5.41) is 9.19. The molecule has 1 aromatic carbocycles. The largest absolute Gasteiger partial charge is 0.326 e. The quantitative estimate of drug-likeness (QED) is 0.536. The van der Waals surface area contributed by atoms with E-state index in [0.29, 0.717) is 0 Å². The third-order valence-electron chi connectivity index (χ3n) is 2.35. The molecule has 3 aromatic rings. The second-order valence-electron chi connectivity index (χ2n) is 3.31. The fraction of sp³-hybridized carbons (Fsp3) is 0. The number of fused-ring (bicyclic) bond motifs is 3. The third kappa shape index (κ3) is 1.21. The van der Waals surface area contributed by atoms with E-state index in [-0.39, 0.29) is 27.0 Å². The second-order valence-corrected chi connectivity index (χ2v) is 3.68. The first kappa shape index (κ1) is 9.97. The predicted molar refractivity (Wildman–Crippen MR) is 57.6 cm³/mol. The molecule has 0 bridgehead atoms. The maximum atomic E-state index is 13.8. The average Bonchev–Trinajstić information content (AvgIpc) is 2.73. The minimum absolute atomic E-state index is 0.0363. The predicted octanol–water partition coefficient (Wildman–Crippen LogP) is 0.280. The van der Waals surface area contributed by atoms with Crippen molar-refractivity contribution in [2.45, 2.75) is 0 Å². The van der Waals surface area contributed by atoms with Gasteiger partial charge in [0.2, 0.25) is 0 Å². The number of benzene rings is 1. The molecule has 3 rings (SSSR count). The molecule has 0 saturated heterocycles. The van der Waals surface area contributed by atoms with Gasteiger partial charge in [-0.3, -0.25) is 9.78 Å². The van der Waals surface area contributed by atoms with E-state index in [1.807, 2.05) is 4.98 Å². The number of rotatable bonds is 0. The Kier molecular flexibility index (Phi) is 1.84. The lowest BCUT2D eigenvalue weighted by Crippen LogP contribution is -2.22. The van der Waals surface area contributed by atoms with Gasteiger partial charge < -0.3 is 4.98 Å². The molecule has 0 unspecified atom stereocenters. The summed E-state index contributed by atoms with van der Waals surface area (Å²) in [5.74, 6) is -0.911. The van der Waals surface area contributed by atoms with Crippen molar-refractivity contribution in [3.63, 3.8) is 0 Å². The Labute approximate surface area is 95.6 Å². The molecule has 0 radical (unpaired) electrons. The summed E-state index contributed by atoms with van der Waals surface area (Å²) in [7, 11) is 0. The van der Waals surface area contributed by atoms with Gasteiger partial charge in [-0.05, 0) is 0 Å². The Morgan fingerprint density at radius 3 is 2.59 bits per heavy atom. The first-order valence-corrected chi connectivity index (χ1v) is 4.81. The molecule has 86 valence electrons. The molecule has 0 spiro atoms. The standard InChI is InChI=1S/C8H3ClFN5O2/c9-2-3(10)4-1(5-6(2)14-15-13-5)7(16)12-8(17)11-4/h(H,13,14,15)(H2,11,12,16,17). The fourth-order valence-electron chi connectivity index (χ4n) is 1.65. The van der Waals surface area contributed by atoms with Crippen LogP contribution in [0.15, 0.2) is 9.59 Å². The van der Waals surface area contributed by atoms with Crippen LogP contribution in [0.1, 0.15) is 0 Å². The molecule has 7 nitrogen and oxygen atoms in total. The molecule has 3 N–H and O–H groups in total. The van der Waals surface area contributed by atoms with Crippen LogP contribution in [0.25, 0.3) is 21.9 Å². The van der Waals surface area contributed by atoms with Crippen molar-refractivity contribution >= 4 is 33.5 Å². The molecule has 17 heavy (non-hydrogen) atoms. The van der Waals surface area contributed by atoms with Crippen LogP contribution < -0.4 is 11.2 Å². The summed E-state index contributed by atoms with van der Waals surface area (Å²) in [6.45, 7) is 0. The molecule has 0 atom stereocenters. The molecule has 0 aliphatic carbocycles. The molecule has 2 aromatic heterocycles. The van der Waals surface area contributed by atoms with Gasteiger partial charge in [-0.25, -0.2) is 9.18 Å². The number of nitrogens with zero attached hydrogens (tertiary/aromatic N) is 2. The summed E-state index contributed by atoms with van der Waals surface area (Å²) >= 11 is 5.72. The monoisotopic (exact) mass is 255 g/mol. The molecule has 0 fully saturated rings. The van der Waals surface area contributed by atoms with E-state index in [2.05, 4.69) is 20.4 Å². The van der Waals surface area contributed by atoms with Crippen molar-refractivity contribution in [3.05, 3.63) is 31.7 Å². The highest BCUT2D eigenvalue weighted by molar-refractivity contribution is 6.36. The van der Waals surface area contributed by atoms with Gasteiger partial charge in [0.25, 0.3) is 5.56 Å². The fourth-order valence-corrected chi connectivity index (χ4v) is 1.88. The number of aromatic amines is 3. The Balaban J connectivity index is 2.80. The van der Waals surface area contributed by atoms with Gasteiger partial charge in [0.1, 0.15) is 16.1 Å². The normalized spacial score (nSPS) is 11.4.